The Kier molecular flexibility index (Phi) is 4.76. The van der Waals surface area contributed by atoms with E-state index in [9.17, 15) is 4.79 Å². The Morgan fingerprint density at radius 2 is 1.43 bits per heavy atom. The van der Waals surface area contributed by atoms with Gasteiger partial charge < -0.3 is 0 Å². The molecule has 0 amide bonds. The van der Waals surface area contributed by atoms with Crippen LogP contribution in [0.15, 0.2) is 60.7 Å². The molecule has 0 fully saturated rings. The van der Waals surface area contributed by atoms with Gasteiger partial charge in [0.1, 0.15) is 6.10 Å². The van der Waals surface area contributed by atoms with Crippen molar-refractivity contribution in [2.24, 2.45) is 5.41 Å². The molecule has 3 nitrogen and oxygen atoms in total. The molecule has 1 unspecified atom stereocenters. The summed E-state index contributed by atoms with van der Waals surface area (Å²) in [6.07, 6.45) is -0.327. The summed E-state index contributed by atoms with van der Waals surface area (Å²) in [4.78, 5) is 22.5. The van der Waals surface area contributed by atoms with Crippen LogP contribution in [0.3, 0.4) is 0 Å². The summed E-state index contributed by atoms with van der Waals surface area (Å²) < 4.78 is 0. The normalized spacial score (nSPS) is 12.7. The zero-order valence-corrected chi connectivity index (χ0v) is 12.6. The van der Waals surface area contributed by atoms with E-state index in [1.165, 1.54) is 0 Å². The first-order chi connectivity index (χ1) is 9.98. The van der Waals surface area contributed by atoms with Crippen LogP contribution in [-0.2, 0) is 9.78 Å². The van der Waals surface area contributed by atoms with Gasteiger partial charge in [0.05, 0.1) is 5.56 Å². The molecule has 0 spiro atoms. The van der Waals surface area contributed by atoms with Crippen LogP contribution < -0.4 is 0 Å². The van der Waals surface area contributed by atoms with Gasteiger partial charge in [-0.15, -0.1) is 0 Å². The average molecular weight is 284 g/mol. The maximum atomic E-state index is 12.0. The van der Waals surface area contributed by atoms with Gasteiger partial charge in [-0.2, -0.15) is 4.89 Å². The van der Waals surface area contributed by atoms with Gasteiger partial charge in [0.25, 0.3) is 0 Å². The Hall–Kier alpha value is -2.13. The van der Waals surface area contributed by atoms with Gasteiger partial charge in [-0.1, -0.05) is 69.3 Å². The Morgan fingerprint density at radius 1 is 0.905 bits per heavy atom. The van der Waals surface area contributed by atoms with E-state index in [2.05, 4.69) is 0 Å². The molecule has 0 aliphatic rings. The summed E-state index contributed by atoms with van der Waals surface area (Å²) in [5.74, 6) is -0.485. The fourth-order valence-electron chi connectivity index (χ4n) is 2.04. The smallest absolute Gasteiger partial charge is 0.292 e. The third-order valence-electron chi connectivity index (χ3n) is 3.12. The summed E-state index contributed by atoms with van der Waals surface area (Å²) in [6.45, 7) is 6.13. The molecule has 0 aliphatic heterocycles. The molecule has 2 aromatic carbocycles. The van der Waals surface area contributed by atoms with Gasteiger partial charge in [-0.05, 0) is 23.1 Å². The molecule has 0 radical (unpaired) electrons. The molecule has 2 aromatic rings. The molecular formula is C18H20O3. The second-order valence-corrected chi connectivity index (χ2v) is 5.99. The molecule has 2 rings (SSSR count). The quantitative estimate of drug-likeness (QED) is 0.609. The second kappa shape index (κ2) is 6.55. The van der Waals surface area contributed by atoms with Crippen LogP contribution in [0.25, 0.3) is 0 Å². The minimum Gasteiger partial charge on any atom is -0.292 e. The van der Waals surface area contributed by atoms with Gasteiger partial charge in [0.15, 0.2) is 0 Å². The van der Waals surface area contributed by atoms with E-state index in [-0.39, 0.29) is 11.5 Å². The molecule has 0 N–H and O–H groups in total. The van der Waals surface area contributed by atoms with Gasteiger partial charge in [0.2, 0.25) is 0 Å². The second-order valence-electron chi connectivity index (χ2n) is 5.99. The minimum absolute atomic E-state index is 0.196. The maximum absolute atomic E-state index is 12.0. The fourth-order valence-corrected chi connectivity index (χ4v) is 2.04. The summed E-state index contributed by atoms with van der Waals surface area (Å²) >= 11 is 0. The Labute approximate surface area is 125 Å². The van der Waals surface area contributed by atoms with Gasteiger partial charge in [0, 0.05) is 0 Å². The van der Waals surface area contributed by atoms with E-state index in [1.807, 2.05) is 57.2 Å². The number of hydrogen-bond donors (Lipinski definition) is 0. The highest BCUT2D eigenvalue weighted by Gasteiger charge is 2.29. The van der Waals surface area contributed by atoms with Crippen LogP contribution in [0.2, 0.25) is 0 Å². The number of carbonyl (C=O) groups is 1. The predicted molar refractivity (Wildman–Crippen MR) is 81.6 cm³/mol. The van der Waals surface area contributed by atoms with Gasteiger partial charge >= 0.3 is 5.97 Å². The molecule has 0 saturated carbocycles. The Bertz CT molecular complexity index is 570. The third-order valence-corrected chi connectivity index (χ3v) is 3.12. The Morgan fingerprint density at radius 3 is 1.95 bits per heavy atom. The van der Waals surface area contributed by atoms with Crippen molar-refractivity contribution in [3.05, 3.63) is 71.8 Å². The third kappa shape index (κ3) is 4.17. The van der Waals surface area contributed by atoms with E-state index in [1.54, 1.807) is 24.3 Å². The van der Waals surface area contributed by atoms with Crippen molar-refractivity contribution < 1.29 is 14.6 Å². The van der Waals surface area contributed by atoms with E-state index in [0.717, 1.165) is 5.56 Å². The number of carbonyl (C=O) groups excluding carboxylic acids is 1. The van der Waals surface area contributed by atoms with Crippen LogP contribution in [-0.4, -0.2) is 5.97 Å². The zero-order chi connectivity index (χ0) is 15.3. The highest BCUT2D eigenvalue weighted by molar-refractivity contribution is 5.88. The lowest BCUT2D eigenvalue weighted by Gasteiger charge is -2.29. The summed E-state index contributed by atoms with van der Waals surface area (Å²) in [5, 5.41) is 0. The van der Waals surface area contributed by atoms with E-state index in [0.29, 0.717) is 5.56 Å². The highest BCUT2D eigenvalue weighted by atomic mass is 17.2. The van der Waals surface area contributed by atoms with Crippen LogP contribution in [0.4, 0.5) is 0 Å². The molecule has 21 heavy (non-hydrogen) atoms. The Balaban J connectivity index is 2.09. The van der Waals surface area contributed by atoms with Crippen LogP contribution in [0.5, 0.6) is 0 Å². The first-order valence-electron chi connectivity index (χ1n) is 6.96. The van der Waals surface area contributed by atoms with E-state index >= 15 is 0 Å². The lowest BCUT2D eigenvalue weighted by Crippen LogP contribution is -2.23. The number of benzene rings is 2. The van der Waals surface area contributed by atoms with E-state index < -0.39 is 5.97 Å². The van der Waals surface area contributed by atoms with Crippen LogP contribution >= 0.6 is 0 Å². The monoisotopic (exact) mass is 284 g/mol. The molecule has 0 aromatic heterocycles. The van der Waals surface area contributed by atoms with Crippen LogP contribution in [0, 0.1) is 5.41 Å². The lowest BCUT2D eigenvalue weighted by atomic mass is 9.85. The van der Waals surface area contributed by atoms with E-state index in [4.69, 9.17) is 9.78 Å². The molecule has 110 valence electrons. The number of rotatable bonds is 4. The topological polar surface area (TPSA) is 35.5 Å². The van der Waals surface area contributed by atoms with Gasteiger partial charge in [-0.3, -0.25) is 4.89 Å². The molecule has 0 bridgehead atoms. The number of hydrogen-bond acceptors (Lipinski definition) is 3. The SMILES string of the molecule is CC(C)(C)C(OOC(=O)c1ccccc1)c1ccccc1. The maximum Gasteiger partial charge on any atom is 0.373 e. The van der Waals surface area contributed by atoms with Crippen molar-refractivity contribution >= 4 is 5.97 Å². The first kappa shape index (κ1) is 15.3. The van der Waals surface area contributed by atoms with Crippen molar-refractivity contribution in [3.8, 4) is 0 Å². The molecule has 0 aliphatic carbocycles. The van der Waals surface area contributed by atoms with Crippen molar-refractivity contribution in [1.29, 1.82) is 0 Å². The predicted octanol–water partition coefficient (Wildman–Crippen LogP) is 4.56. The van der Waals surface area contributed by atoms with Crippen LogP contribution in [0.1, 0.15) is 42.8 Å². The standard InChI is InChI=1S/C18H20O3/c1-18(2,3)16(14-10-6-4-7-11-14)20-21-17(19)15-12-8-5-9-13-15/h4-13,16H,1-3H3. The molecule has 1 atom stereocenters. The minimum atomic E-state index is -0.485. The summed E-state index contributed by atoms with van der Waals surface area (Å²) in [6, 6.07) is 18.6. The van der Waals surface area contributed by atoms with Crippen molar-refractivity contribution in [2.75, 3.05) is 0 Å². The molecule has 0 heterocycles. The highest BCUT2D eigenvalue weighted by Crippen LogP contribution is 2.36. The molecular weight excluding hydrogens is 264 g/mol. The lowest BCUT2D eigenvalue weighted by molar-refractivity contribution is -0.298. The summed E-state index contributed by atoms with van der Waals surface area (Å²) in [7, 11) is 0. The average Bonchev–Trinajstić information content (AvgIpc) is 2.48. The first-order valence-corrected chi connectivity index (χ1v) is 6.96. The largest absolute Gasteiger partial charge is 0.373 e. The van der Waals surface area contributed by atoms with Gasteiger partial charge in [-0.25, -0.2) is 4.79 Å². The summed E-state index contributed by atoms with van der Waals surface area (Å²) in [5.41, 5.74) is 1.25. The zero-order valence-electron chi connectivity index (χ0n) is 12.6. The van der Waals surface area contributed by atoms with Crippen molar-refractivity contribution in [2.45, 2.75) is 26.9 Å². The molecule has 0 saturated heterocycles. The van der Waals surface area contributed by atoms with Crippen molar-refractivity contribution in [3.63, 3.8) is 0 Å². The molecule has 3 heteroatoms. The fraction of sp³-hybridized carbons (Fsp3) is 0.278. The van der Waals surface area contributed by atoms with Crippen molar-refractivity contribution in [1.82, 2.24) is 0 Å².